The highest BCUT2D eigenvalue weighted by molar-refractivity contribution is 4.58. The highest BCUT2D eigenvalue weighted by Gasteiger charge is 2.10. The van der Waals surface area contributed by atoms with Crippen molar-refractivity contribution in [2.75, 3.05) is 291 Å². The molecule has 0 heterocycles. The van der Waals surface area contributed by atoms with Crippen LogP contribution in [0.1, 0.15) is 41.5 Å². The van der Waals surface area contributed by atoms with E-state index in [1.54, 1.807) is 0 Å². The minimum atomic E-state index is -0.142. The summed E-state index contributed by atoms with van der Waals surface area (Å²) in [5, 5.41) is 0. The Balaban J connectivity index is 3.09. The monoisotopic (exact) mass is 1100 g/mol. The third-order valence-corrected chi connectivity index (χ3v) is 8.97. The molecule has 0 spiro atoms. The molecule has 0 aromatic rings. The molecule has 0 radical (unpaired) electrons. The van der Waals surface area contributed by atoms with Gasteiger partial charge in [0.05, 0.1) is 302 Å². The van der Waals surface area contributed by atoms with E-state index in [4.69, 9.17) is 109 Å². The first kappa shape index (κ1) is 74.1. The van der Waals surface area contributed by atoms with E-state index in [0.29, 0.717) is 291 Å². The van der Waals surface area contributed by atoms with E-state index < -0.39 is 0 Å². The van der Waals surface area contributed by atoms with Crippen LogP contribution in [-0.4, -0.2) is 302 Å². The smallest absolute Gasteiger partial charge is 0.0707 e. The van der Waals surface area contributed by atoms with Crippen LogP contribution < -0.4 is 0 Å². The lowest BCUT2D eigenvalue weighted by atomic mass is 10.2. The Morgan fingerprint density at radius 3 is 0.253 bits per heavy atom. The molecule has 0 saturated carbocycles. The molecule has 0 N–H and O–H groups in total. The predicted molar refractivity (Wildman–Crippen MR) is 279 cm³/mol. The fourth-order valence-electron chi connectivity index (χ4n) is 5.31. The third kappa shape index (κ3) is 73.1. The Hall–Kier alpha value is -0.920. The molecule has 0 atom stereocenters. The van der Waals surface area contributed by atoms with Crippen LogP contribution in [-0.2, 0) is 109 Å². The molecular formula is C52H106O23. The van der Waals surface area contributed by atoms with E-state index in [2.05, 4.69) is 0 Å². The second-order valence-corrected chi connectivity index (χ2v) is 17.8. The van der Waals surface area contributed by atoms with Gasteiger partial charge in [0.25, 0.3) is 0 Å². The van der Waals surface area contributed by atoms with Crippen molar-refractivity contribution in [1.29, 1.82) is 0 Å². The normalized spacial score (nSPS) is 12.2. The van der Waals surface area contributed by atoms with Gasteiger partial charge in [-0.25, -0.2) is 0 Å². The summed E-state index contributed by atoms with van der Waals surface area (Å²) in [4.78, 5) is 0. The van der Waals surface area contributed by atoms with Gasteiger partial charge in [-0.3, -0.25) is 0 Å². The lowest BCUT2D eigenvalue weighted by Crippen LogP contribution is -2.22. The third-order valence-electron chi connectivity index (χ3n) is 8.97. The van der Waals surface area contributed by atoms with Gasteiger partial charge in [-0.1, -0.05) is 0 Å². The van der Waals surface area contributed by atoms with E-state index in [9.17, 15) is 0 Å². The molecule has 0 aliphatic rings. The van der Waals surface area contributed by atoms with Gasteiger partial charge in [0.15, 0.2) is 0 Å². The van der Waals surface area contributed by atoms with Gasteiger partial charge in [-0.15, -0.1) is 0 Å². The highest BCUT2D eigenvalue weighted by atomic mass is 16.6. The zero-order valence-electron chi connectivity index (χ0n) is 47.5. The summed E-state index contributed by atoms with van der Waals surface area (Å²) >= 11 is 0. The van der Waals surface area contributed by atoms with Gasteiger partial charge in [0.2, 0.25) is 0 Å². The number of rotatable bonds is 66. The Morgan fingerprint density at radius 2 is 0.187 bits per heavy atom. The van der Waals surface area contributed by atoms with E-state index >= 15 is 0 Å². The fraction of sp³-hybridized carbons (Fsp3) is 1.00. The summed E-state index contributed by atoms with van der Waals surface area (Å²) in [5.74, 6) is 0. The molecule has 0 saturated heterocycles. The number of hydrogen-bond donors (Lipinski definition) is 0. The first-order valence-corrected chi connectivity index (χ1v) is 27.1. The lowest BCUT2D eigenvalue weighted by molar-refractivity contribution is -0.0468. The summed E-state index contributed by atoms with van der Waals surface area (Å²) in [7, 11) is 0. The molecule has 0 rings (SSSR count). The molecule has 0 aromatic carbocycles. The van der Waals surface area contributed by atoms with Crippen LogP contribution in [0.3, 0.4) is 0 Å². The largest absolute Gasteiger partial charge is 0.377 e. The van der Waals surface area contributed by atoms with Crippen molar-refractivity contribution in [3.8, 4) is 0 Å². The van der Waals surface area contributed by atoms with Crippen LogP contribution in [0, 0.1) is 0 Å². The van der Waals surface area contributed by atoms with E-state index in [0.717, 1.165) is 0 Å². The molecular weight excluding hydrogens is 993 g/mol. The topological polar surface area (TPSA) is 212 Å². The second kappa shape index (κ2) is 62.3. The molecule has 23 nitrogen and oxygen atoms in total. The fourth-order valence-corrected chi connectivity index (χ4v) is 5.31. The minimum absolute atomic E-state index is 0.142. The van der Waals surface area contributed by atoms with Gasteiger partial charge < -0.3 is 109 Å². The Kier molecular flexibility index (Phi) is 61.5. The highest BCUT2D eigenvalue weighted by Crippen LogP contribution is 2.06. The zero-order chi connectivity index (χ0) is 54.4. The first-order chi connectivity index (χ1) is 36.7. The number of ether oxygens (including phenoxy) is 23. The van der Waals surface area contributed by atoms with Crippen LogP contribution >= 0.6 is 0 Å². The van der Waals surface area contributed by atoms with E-state index in [1.807, 2.05) is 41.5 Å². The van der Waals surface area contributed by atoms with Crippen LogP contribution in [0.4, 0.5) is 0 Å². The zero-order valence-corrected chi connectivity index (χ0v) is 47.5. The van der Waals surface area contributed by atoms with Crippen molar-refractivity contribution in [2.24, 2.45) is 0 Å². The lowest BCUT2D eigenvalue weighted by Gasteiger charge is -2.19. The van der Waals surface area contributed by atoms with Gasteiger partial charge in [0.1, 0.15) is 0 Å². The maximum atomic E-state index is 5.59. The average molecular weight is 1100 g/mol. The Labute approximate surface area is 451 Å². The van der Waals surface area contributed by atoms with Crippen LogP contribution in [0.5, 0.6) is 0 Å². The van der Waals surface area contributed by atoms with Crippen LogP contribution in [0.25, 0.3) is 0 Å². The second-order valence-electron chi connectivity index (χ2n) is 17.8. The van der Waals surface area contributed by atoms with Crippen LogP contribution in [0.2, 0.25) is 0 Å². The molecule has 452 valence electrons. The summed E-state index contributed by atoms with van der Waals surface area (Å²) in [5.41, 5.74) is -0.284. The van der Waals surface area contributed by atoms with Crippen molar-refractivity contribution in [3.05, 3.63) is 0 Å². The Morgan fingerprint density at radius 1 is 0.120 bits per heavy atom. The molecule has 75 heavy (non-hydrogen) atoms. The van der Waals surface area contributed by atoms with Crippen LogP contribution in [0.15, 0.2) is 0 Å². The van der Waals surface area contributed by atoms with Gasteiger partial charge in [-0.05, 0) is 41.5 Å². The first-order valence-electron chi connectivity index (χ1n) is 27.1. The maximum Gasteiger partial charge on any atom is 0.0707 e. The predicted octanol–water partition coefficient (Wildman–Crippen LogP) is 2.97. The maximum absolute atomic E-state index is 5.59. The van der Waals surface area contributed by atoms with Crippen molar-refractivity contribution in [1.82, 2.24) is 0 Å². The van der Waals surface area contributed by atoms with Crippen molar-refractivity contribution >= 4 is 0 Å². The van der Waals surface area contributed by atoms with Crippen molar-refractivity contribution < 1.29 is 109 Å². The van der Waals surface area contributed by atoms with E-state index in [-0.39, 0.29) is 11.2 Å². The standard InChI is InChI=1S/C52H106O23/c1-51(2,3)74-49-47-72-45-43-70-41-39-68-37-35-66-33-31-64-29-27-62-25-23-60-21-19-58-17-15-56-13-11-54-9-7-53-8-10-55-12-14-57-16-18-59-20-22-61-24-26-63-28-30-65-32-34-67-36-38-69-40-42-71-44-46-73-48-50-75-52(4,5)6/h7-50H2,1-6H3. The van der Waals surface area contributed by atoms with Crippen molar-refractivity contribution in [3.63, 3.8) is 0 Å². The molecule has 0 aromatic heterocycles. The molecule has 0 aliphatic heterocycles. The summed E-state index contributed by atoms with van der Waals surface area (Å²) in [6.45, 7) is 34.5. The molecule has 0 unspecified atom stereocenters. The minimum Gasteiger partial charge on any atom is -0.377 e. The van der Waals surface area contributed by atoms with Gasteiger partial charge >= 0.3 is 0 Å². The number of hydrogen-bond acceptors (Lipinski definition) is 23. The summed E-state index contributed by atoms with van der Waals surface area (Å²) in [6.07, 6.45) is 0. The summed E-state index contributed by atoms with van der Waals surface area (Å²) < 4.78 is 127. The molecule has 23 heteroatoms. The SMILES string of the molecule is CC(C)(C)OCCOCCOCCOCCOCCOCCOCCOCCOCCOCCOCCOCCOCCOCCOCCOCCOCCOCCOCCOCCOCCOCCOC(C)(C)C. The molecule has 0 fully saturated rings. The molecule has 0 bridgehead atoms. The average Bonchev–Trinajstić information content (AvgIpc) is 3.37. The van der Waals surface area contributed by atoms with Gasteiger partial charge in [-0.2, -0.15) is 0 Å². The quantitative estimate of drug-likeness (QED) is 0.0802. The molecule has 0 aliphatic carbocycles. The molecule has 0 amide bonds. The van der Waals surface area contributed by atoms with Crippen molar-refractivity contribution in [2.45, 2.75) is 52.7 Å². The van der Waals surface area contributed by atoms with Gasteiger partial charge in [0, 0.05) is 0 Å². The van der Waals surface area contributed by atoms with E-state index in [1.165, 1.54) is 0 Å². The Bertz CT molecular complexity index is 966. The summed E-state index contributed by atoms with van der Waals surface area (Å²) in [6, 6.07) is 0.